The Morgan fingerprint density at radius 1 is 1.71 bits per heavy atom. The van der Waals surface area contributed by atoms with Crippen molar-refractivity contribution in [3.8, 4) is 0 Å². The zero-order chi connectivity index (χ0) is 10.6. The van der Waals surface area contributed by atoms with Crippen LogP contribution < -0.4 is 5.32 Å². The summed E-state index contributed by atoms with van der Waals surface area (Å²) in [5.41, 5.74) is 0. The number of carbonyl (C=O) groups is 1. The van der Waals surface area contributed by atoms with Crippen LogP contribution in [0.2, 0.25) is 0 Å². The van der Waals surface area contributed by atoms with Crippen LogP contribution in [-0.2, 0) is 9.53 Å². The lowest BCUT2D eigenvalue weighted by Crippen LogP contribution is -2.38. The van der Waals surface area contributed by atoms with Gasteiger partial charge in [-0.05, 0) is 19.8 Å². The number of hydrogen-bond donors (Lipinski definition) is 2. The molecule has 0 aromatic rings. The van der Waals surface area contributed by atoms with Crippen molar-refractivity contribution in [3.63, 3.8) is 0 Å². The molecule has 14 heavy (non-hydrogen) atoms. The molecule has 1 aliphatic heterocycles. The second-order valence-electron chi connectivity index (χ2n) is 3.81. The fourth-order valence-electron chi connectivity index (χ4n) is 1.73. The number of carbonyl (C=O) groups excluding carboxylic acids is 1. The van der Waals surface area contributed by atoms with Gasteiger partial charge in [0.15, 0.2) is 0 Å². The third-order valence-corrected chi connectivity index (χ3v) is 2.52. The summed E-state index contributed by atoms with van der Waals surface area (Å²) in [6, 6.07) is 0. The van der Waals surface area contributed by atoms with Gasteiger partial charge in [-0.15, -0.1) is 0 Å². The van der Waals surface area contributed by atoms with E-state index in [2.05, 4.69) is 5.32 Å². The summed E-state index contributed by atoms with van der Waals surface area (Å²) in [6.07, 6.45) is 1.24. The normalized spacial score (nSPS) is 28.8. The third kappa shape index (κ3) is 2.96. The molecule has 2 N–H and O–H groups in total. The van der Waals surface area contributed by atoms with E-state index >= 15 is 0 Å². The Morgan fingerprint density at radius 2 is 2.43 bits per heavy atom. The fraction of sp³-hybridized carbons (Fsp3) is 0.900. The van der Waals surface area contributed by atoms with Crippen LogP contribution in [0.5, 0.6) is 0 Å². The van der Waals surface area contributed by atoms with Gasteiger partial charge in [0.05, 0.1) is 18.1 Å². The van der Waals surface area contributed by atoms with Gasteiger partial charge in [0, 0.05) is 13.2 Å². The van der Waals surface area contributed by atoms with E-state index in [0.29, 0.717) is 13.2 Å². The first-order chi connectivity index (χ1) is 6.65. The summed E-state index contributed by atoms with van der Waals surface area (Å²) < 4.78 is 5.42. The molecule has 0 radical (unpaired) electrons. The molecule has 4 nitrogen and oxygen atoms in total. The summed E-state index contributed by atoms with van der Waals surface area (Å²) in [7, 11) is 0. The van der Waals surface area contributed by atoms with Gasteiger partial charge in [0.2, 0.25) is 5.91 Å². The van der Waals surface area contributed by atoms with Crippen LogP contribution >= 0.6 is 0 Å². The van der Waals surface area contributed by atoms with Crippen LogP contribution in [-0.4, -0.2) is 36.4 Å². The average molecular weight is 201 g/mol. The number of aliphatic hydroxyl groups is 1. The minimum absolute atomic E-state index is 0.00949. The van der Waals surface area contributed by atoms with Crippen molar-refractivity contribution < 1.29 is 14.6 Å². The molecule has 0 saturated carbocycles. The first kappa shape index (κ1) is 11.5. The highest BCUT2D eigenvalue weighted by Gasteiger charge is 2.32. The first-order valence-electron chi connectivity index (χ1n) is 5.22. The van der Waals surface area contributed by atoms with E-state index in [1.54, 1.807) is 6.92 Å². The number of ether oxygens (including phenoxy) is 1. The minimum atomic E-state index is -0.485. The molecule has 82 valence electrons. The highest BCUT2D eigenvalue weighted by molar-refractivity contribution is 5.79. The van der Waals surface area contributed by atoms with Gasteiger partial charge in [-0.25, -0.2) is 0 Å². The van der Waals surface area contributed by atoms with Crippen molar-refractivity contribution >= 4 is 5.91 Å². The second-order valence-corrected chi connectivity index (χ2v) is 3.81. The average Bonchev–Trinajstić information content (AvgIpc) is 2.61. The molecule has 1 amide bonds. The summed E-state index contributed by atoms with van der Waals surface area (Å²) in [5, 5.41) is 11.7. The van der Waals surface area contributed by atoms with Crippen molar-refractivity contribution in [1.29, 1.82) is 0 Å². The molecule has 0 aliphatic carbocycles. The summed E-state index contributed by atoms with van der Waals surface area (Å²) in [5.74, 6) is -0.0194. The van der Waals surface area contributed by atoms with E-state index in [0.717, 1.165) is 12.8 Å². The minimum Gasteiger partial charge on any atom is -0.392 e. The van der Waals surface area contributed by atoms with E-state index in [1.165, 1.54) is 0 Å². The lowest BCUT2D eigenvalue weighted by molar-refractivity contribution is -0.127. The number of nitrogens with one attached hydrogen (secondary N) is 1. The van der Waals surface area contributed by atoms with Crippen molar-refractivity contribution in [3.05, 3.63) is 0 Å². The number of rotatable bonds is 4. The molecule has 3 atom stereocenters. The molecule has 3 unspecified atom stereocenters. The Balaban J connectivity index is 2.35. The molecule has 0 bridgehead atoms. The smallest absolute Gasteiger partial charge is 0.225 e. The zero-order valence-electron chi connectivity index (χ0n) is 8.82. The summed E-state index contributed by atoms with van der Waals surface area (Å²) >= 11 is 0. The van der Waals surface area contributed by atoms with Gasteiger partial charge in [0.1, 0.15) is 0 Å². The third-order valence-electron chi connectivity index (χ3n) is 2.52. The molecule has 1 saturated heterocycles. The van der Waals surface area contributed by atoms with Crippen LogP contribution in [0.3, 0.4) is 0 Å². The van der Waals surface area contributed by atoms with E-state index in [-0.39, 0.29) is 17.9 Å². The maximum atomic E-state index is 11.6. The van der Waals surface area contributed by atoms with Gasteiger partial charge in [0.25, 0.3) is 0 Å². The van der Waals surface area contributed by atoms with Crippen LogP contribution in [0.4, 0.5) is 0 Å². The summed E-state index contributed by atoms with van der Waals surface area (Å²) in [4.78, 5) is 11.6. The maximum absolute atomic E-state index is 11.6. The largest absolute Gasteiger partial charge is 0.392 e. The van der Waals surface area contributed by atoms with Crippen LogP contribution in [0.25, 0.3) is 0 Å². The van der Waals surface area contributed by atoms with Crippen molar-refractivity contribution in [2.75, 3.05) is 13.2 Å². The second kappa shape index (κ2) is 5.32. The maximum Gasteiger partial charge on any atom is 0.225 e. The number of amides is 1. The number of hydrogen-bond acceptors (Lipinski definition) is 3. The van der Waals surface area contributed by atoms with E-state index in [4.69, 9.17) is 9.84 Å². The monoisotopic (exact) mass is 201 g/mol. The SMILES string of the molecule is CCC1OCCC1C(=O)NCC(C)O. The Hall–Kier alpha value is -0.610. The molecule has 0 aromatic carbocycles. The Bertz CT molecular complexity index is 194. The molecular formula is C10H19NO3. The predicted octanol–water partition coefficient (Wildman–Crippen LogP) is 0.299. The molecular weight excluding hydrogens is 182 g/mol. The van der Waals surface area contributed by atoms with Gasteiger partial charge in [-0.1, -0.05) is 6.92 Å². The predicted molar refractivity (Wildman–Crippen MR) is 52.8 cm³/mol. The quantitative estimate of drug-likeness (QED) is 0.687. The molecule has 1 fully saturated rings. The Labute approximate surface area is 84.6 Å². The molecule has 1 rings (SSSR count). The Morgan fingerprint density at radius 3 is 3.00 bits per heavy atom. The zero-order valence-corrected chi connectivity index (χ0v) is 8.82. The highest BCUT2D eigenvalue weighted by Crippen LogP contribution is 2.23. The van der Waals surface area contributed by atoms with E-state index in [9.17, 15) is 4.79 Å². The van der Waals surface area contributed by atoms with Crippen LogP contribution in [0, 0.1) is 5.92 Å². The van der Waals surface area contributed by atoms with Crippen molar-refractivity contribution in [1.82, 2.24) is 5.32 Å². The molecule has 1 aliphatic rings. The molecule has 1 heterocycles. The van der Waals surface area contributed by atoms with Crippen LogP contribution in [0.15, 0.2) is 0 Å². The van der Waals surface area contributed by atoms with E-state index in [1.807, 2.05) is 6.92 Å². The Kier molecular flexibility index (Phi) is 4.35. The highest BCUT2D eigenvalue weighted by atomic mass is 16.5. The van der Waals surface area contributed by atoms with Gasteiger partial charge < -0.3 is 15.2 Å². The number of aliphatic hydroxyl groups excluding tert-OH is 1. The summed E-state index contributed by atoms with van der Waals surface area (Å²) in [6.45, 7) is 4.67. The van der Waals surface area contributed by atoms with Gasteiger partial charge in [-0.2, -0.15) is 0 Å². The van der Waals surface area contributed by atoms with Gasteiger partial charge in [-0.3, -0.25) is 4.79 Å². The molecule has 0 aromatic heterocycles. The molecule has 0 spiro atoms. The molecule has 4 heteroatoms. The first-order valence-corrected chi connectivity index (χ1v) is 5.22. The lowest BCUT2D eigenvalue weighted by atomic mass is 9.99. The van der Waals surface area contributed by atoms with Crippen molar-refractivity contribution in [2.45, 2.75) is 38.9 Å². The van der Waals surface area contributed by atoms with Crippen molar-refractivity contribution in [2.24, 2.45) is 5.92 Å². The topological polar surface area (TPSA) is 58.6 Å². The van der Waals surface area contributed by atoms with E-state index < -0.39 is 6.10 Å². The van der Waals surface area contributed by atoms with Gasteiger partial charge >= 0.3 is 0 Å². The standard InChI is InChI=1S/C10H19NO3/c1-3-9-8(4-5-14-9)10(13)11-6-7(2)12/h7-9,12H,3-6H2,1-2H3,(H,11,13). The lowest BCUT2D eigenvalue weighted by Gasteiger charge is -2.16. The fourth-order valence-corrected chi connectivity index (χ4v) is 1.73. The van der Waals surface area contributed by atoms with Crippen LogP contribution in [0.1, 0.15) is 26.7 Å².